The Morgan fingerprint density at radius 1 is 0.742 bits per heavy atom. The van der Waals surface area contributed by atoms with Crippen molar-refractivity contribution in [3.8, 4) is 22.6 Å². The van der Waals surface area contributed by atoms with E-state index in [1.807, 2.05) is 72.8 Å². The predicted octanol–water partition coefficient (Wildman–Crippen LogP) is 6.55. The summed E-state index contributed by atoms with van der Waals surface area (Å²) in [4.78, 5) is 12.7. The van der Waals surface area contributed by atoms with Crippen LogP contribution in [0.2, 0.25) is 0 Å². The first-order valence-electron chi connectivity index (χ1n) is 10.2. The number of carbonyl (C=O) groups excluding carboxylic acids is 1. The Morgan fingerprint density at radius 3 is 2.16 bits per heavy atom. The summed E-state index contributed by atoms with van der Waals surface area (Å²) in [5, 5.41) is 0. The molecule has 0 amide bonds. The van der Waals surface area contributed by atoms with Crippen LogP contribution in [0, 0.1) is 0 Å². The summed E-state index contributed by atoms with van der Waals surface area (Å²) in [5.74, 6) is 1.41. The number of carbonyl (C=O) groups is 1. The Bertz CT molecular complexity index is 1240. The second-order valence-electron chi connectivity index (χ2n) is 7.36. The molecule has 150 valence electrons. The first kappa shape index (κ1) is 18.9. The number of rotatable bonds is 5. The van der Waals surface area contributed by atoms with Crippen LogP contribution >= 0.6 is 0 Å². The Morgan fingerprint density at radius 2 is 1.42 bits per heavy atom. The number of allylic oxidation sites excluding steroid dienone is 1. The number of fused-ring (bicyclic) bond motifs is 1. The van der Waals surface area contributed by atoms with E-state index in [9.17, 15) is 4.79 Å². The molecule has 3 nitrogen and oxygen atoms in total. The first-order valence-corrected chi connectivity index (χ1v) is 10.2. The van der Waals surface area contributed by atoms with Gasteiger partial charge in [-0.15, -0.1) is 0 Å². The lowest BCUT2D eigenvalue weighted by atomic mass is 10.0. The smallest absolute Gasteiger partial charge is 0.231 e. The van der Waals surface area contributed by atoms with Crippen LogP contribution in [0.15, 0.2) is 109 Å². The molecule has 1 aliphatic rings. The molecule has 4 aromatic carbocycles. The molecule has 0 saturated carbocycles. The lowest BCUT2D eigenvalue weighted by Gasteiger charge is -2.07. The molecule has 0 saturated heterocycles. The van der Waals surface area contributed by atoms with Gasteiger partial charge in [-0.05, 0) is 40.5 Å². The summed E-state index contributed by atoms with van der Waals surface area (Å²) in [6.45, 7) is 0.462. The van der Waals surface area contributed by atoms with E-state index in [-0.39, 0.29) is 5.78 Å². The van der Waals surface area contributed by atoms with E-state index in [0.717, 1.165) is 22.3 Å². The standard InChI is InChI=1S/C28H20O3/c29-28-25-16-15-24(30-19-21-7-3-1-4-8-21)18-26(25)31-27(28)17-20-11-13-23(14-12-20)22-9-5-2-6-10-22/h1-18H,19H2/b27-17-. The average molecular weight is 404 g/mol. The normalized spacial score (nSPS) is 13.7. The number of hydrogen-bond acceptors (Lipinski definition) is 3. The number of hydrogen-bond donors (Lipinski definition) is 0. The first-order chi connectivity index (χ1) is 15.3. The molecular weight excluding hydrogens is 384 g/mol. The fourth-order valence-corrected chi connectivity index (χ4v) is 3.55. The predicted molar refractivity (Wildman–Crippen MR) is 122 cm³/mol. The monoisotopic (exact) mass is 404 g/mol. The molecule has 0 radical (unpaired) electrons. The lowest BCUT2D eigenvalue weighted by Crippen LogP contribution is -1.98. The molecule has 1 heterocycles. The van der Waals surface area contributed by atoms with Crippen molar-refractivity contribution in [1.29, 1.82) is 0 Å². The highest BCUT2D eigenvalue weighted by Gasteiger charge is 2.27. The van der Waals surface area contributed by atoms with Crippen molar-refractivity contribution in [2.75, 3.05) is 0 Å². The van der Waals surface area contributed by atoms with Crippen LogP contribution in [0.1, 0.15) is 21.5 Å². The Kier molecular flexibility index (Phi) is 5.07. The Balaban J connectivity index is 1.31. The quantitative estimate of drug-likeness (QED) is 0.354. The van der Waals surface area contributed by atoms with Gasteiger partial charge in [-0.3, -0.25) is 4.79 Å². The van der Waals surface area contributed by atoms with Crippen LogP contribution < -0.4 is 9.47 Å². The molecule has 0 aliphatic carbocycles. The van der Waals surface area contributed by atoms with Gasteiger partial charge in [-0.2, -0.15) is 0 Å². The van der Waals surface area contributed by atoms with Gasteiger partial charge in [0.1, 0.15) is 18.1 Å². The minimum absolute atomic E-state index is 0.114. The van der Waals surface area contributed by atoms with Gasteiger partial charge in [-0.1, -0.05) is 84.9 Å². The Labute approximate surface area is 181 Å². The number of ether oxygens (including phenoxy) is 2. The van der Waals surface area contributed by atoms with Gasteiger partial charge in [0.25, 0.3) is 0 Å². The highest BCUT2D eigenvalue weighted by molar-refractivity contribution is 6.14. The van der Waals surface area contributed by atoms with E-state index < -0.39 is 0 Å². The second kappa shape index (κ2) is 8.33. The topological polar surface area (TPSA) is 35.5 Å². The summed E-state index contributed by atoms with van der Waals surface area (Å²) in [6.07, 6.45) is 1.78. The van der Waals surface area contributed by atoms with Crippen molar-refractivity contribution in [2.24, 2.45) is 0 Å². The summed E-state index contributed by atoms with van der Waals surface area (Å²) in [7, 11) is 0. The highest BCUT2D eigenvalue weighted by Crippen LogP contribution is 2.35. The maximum Gasteiger partial charge on any atom is 0.231 e. The average Bonchev–Trinajstić information content (AvgIpc) is 3.14. The third-order valence-corrected chi connectivity index (χ3v) is 5.21. The molecule has 5 rings (SSSR count). The number of ketones is 1. The van der Waals surface area contributed by atoms with Crippen molar-refractivity contribution < 1.29 is 14.3 Å². The SMILES string of the molecule is O=C1/C(=C/c2ccc(-c3ccccc3)cc2)Oc2cc(OCc3ccccc3)ccc21. The highest BCUT2D eigenvalue weighted by atomic mass is 16.5. The largest absolute Gasteiger partial charge is 0.489 e. The van der Waals surface area contributed by atoms with Crippen molar-refractivity contribution in [3.63, 3.8) is 0 Å². The molecule has 4 aromatic rings. The van der Waals surface area contributed by atoms with E-state index in [2.05, 4.69) is 12.1 Å². The summed E-state index contributed by atoms with van der Waals surface area (Å²) in [5.41, 5.74) is 4.84. The van der Waals surface area contributed by atoms with Gasteiger partial charge < -0.3 is 9.47 Å². The zero-order valence-corrected chi connectivity index (χ0v) is 16.8. The van der Waals surface area contributed by atoms with Gasteiger partial charge in [0.05, 0.1) is 5.56 Å². The molecule has 0 spiro atoms. The molecule has 0 bridgehead atoms. The van der Waals surface area contributed by atoms with E-state index in [1.165, 1.54) is 0 Å². The van der Waals surface area contributed by atoms with Crippen LogP contribution in [0.4, 0.5) is 0 Å². The van der Waals surface area contributed by atoms with Crippen LogP contribution in [-0.2, 0) is 6.61 Å². The van der Waals surface area contributed by atoms with Gasteiger partial charge in [-0.25, -0.2) is 0 Å². The van der Waals surface area contributed by atoms with Crippen LogP contribution in [-0.4, -0.2) is 5.78 Å². The minimum atomic E-state index is -0.114. The van der Waals surface area contributed by atoms with E-state index in [4.69, 9.17) is 9.47 Å². The zero-order chi connectivity index (χ0) is 21.0. The summed E-state index contributed by atoms with van der Waals surface area (Å²) < 4.78 is 11.7. The number of Topliss-reactive ketones (excluding diaryl/α,β-unsaturated/α-hetero) is 1. The van der Waals surface area contributed by atoms with Crippen LogP contribution in [0.25, 0.3) is 17.2 Å². The van der Waals surface area contributed by atoms with E-state index >= 15 is 0 Å². The summed E-state index contributed by atoms with van der Waals surface area (Å²) >= 11 is 0. The molecular formula is C28H20O3. The molecule has 0 unspecified atom stereocenters. The van der Waals surface area contributed by atoms with Crippen LogP contribution in [0.5, 0.6) is 11.5 Å². The van der Waals surface area contributed by atoms with Crippen molar-refractivity contribution >= 4 is 11.9 Å². The van der Waals surface area contributed by atoms with Gasteiger partial charge in [0, 0.05) is 6.07 Å². The van der Waals surface area contributed by atoms with Crippen molar-refractivity contribution in [3.05, 3.63) is 126 Å². The van der Waals surface area contributed by atoms with Crippen molar-refractivity contribution in [1.82, 2.24) is 0 Å². The molecule has 0 aromatic heterocycles. The van der Waals surface area contributed by atoms with Gasteiger partial charge in [0.15, 0.2) is 5.76 Å². The Hall–Kier alpha value is -4.11. The molecule has 1 aliphatic heterocycles. The zero-order valence-electron chi connectivity index (χ0n) is 16.8. The fourth-order valence-electron chi connectivity index (χ4n) is 3.55. The van der Waals surface area contributed by atoms with Gasteiger partial charge >= 0.3 is 0 Å². The summed E-state index contributed by atoms with van der Waals surface area (Å²) in [6, 6.07) is 33.6. The van der Waals surface area contributed by atoms with Crippen LogP contribution in [0.3, 0.4) is 0 Å². The van der Waals surface area contributed by atoms with Gasteiger partial charge in [0.2, 0.25) is 5.78 Å². The minimum Gasteiger partial charge on any atom is -0.489 e. The molecule has 3 heteroatoms. The molecule has 0 N–H and O–H groups in total. The maximum absolute atomic E-state index is 12.7. The third-order valence-electron chi connectivity index (χ3n) is 5.21. The second-order valence-corrected chi connectivity index (χ2v) is 7.36. The molecule has 0 atom stereocenters. The lowest BCUT2D eigenvalue weighted by molar-refractivity contribution is 0.101. The van der Waals surface area contributed by atoms with E-state index in [1.54, 1.807) is 24.3 Å². The maximum atomic E-state index is 12.7. The third kappa shape index (κ3) is 4.12. The molecule has 0 fully saturated rings. The van der Waals surface area contributed by atoms with E-state index in [0.29, 0.717) is 29.4 Å². The van der Waals surface area contributed by atoms with Crippen molar-refractivity contribution in [2.45, 2.75) is 6.61 Å². The fraction of sp³-hybridized carbons (Fsp3) is 0.0357. The number of benzene rings is 4. The molecule has 31 heavy (non-hydrogen) atoms.